The Bertz CT molecular complexity index is 919. The average molecular weight is 398 g/mol. The number of aromatic nitrogens is 1. The largest absolute Gasteiger partial charge is 0.366 e. The Kier molecular flexibility index (Phi) is 3.93. The maximum absolute atomic E-state index is 13.3. The van der Waals surface area contributed by atoms with Crippen LogP contribution in [0, 0.1) is 0 Å². The Morgan fingerprint density at radius 1 is 1.07 bits per heavy atom. The topological polar surface area (TPSA) is 42.9 Å². The van der Waals surface area contributed by atoms with Gasteiger partial charge in [-0.1, -0.05) is 0 Å². The maximum atomic E-state index is 13.3. The number of piperazine rings is 1. The van der Waals surface area contributed by atoms with Gasteiger partial charge in [-0.25, -0.2) is 0 Å². The highest BCUT2D eigenvalue weighted by molar-refractivity contribution is 7.13. The summed E-state index contributed by atoms with van der Waals surface area (Å²) in [7, 11) is 2.23. The predicted molar refractivity (Wildman–Crippen MR) is 112 cm³/mol. The summed E-state index contributed by atoms with van der Waals surface area (Å²) in [5.74, 6) is 0.134. The van der Waals surface area contributed by atoms with Gasteiger partial charge in [-0.15, -0.1) is 0 Å². The number of piperidine rings is 1. The van der Waals surface area contributed by atoms with Gasteiger partial charge in [-0.05, 0) is 56.0 Å². The minimum Gasteiger partial charge on any atom is -0.366 e. The molecule has 5 fully saturated rings. The highest BCUT2D eigenvalue weighted by atomic mass is 32.1. The molecule has 6 nitrogen and oxygen atoms in total. The number of anilines is 1. The molecule has 7 heteroatoms. The summed E-state index contributed by atoms with van der Waals surface area (Å²) in [4.78, 5) is 22.9. The fraction of sp³-hybridized carbons (Fsp3) is 0.619. The van der Waals surface area contributed by atoms with E-state index in [-0.39, 0.29) is 5.91 Å². The number of benzene rings is 1. The zero-order chi connectivity index (χ0) is 18.8. The molecule has 1 amide bonds. The normalized spacial score (nSPS) is 32.5. The van der Waals surface area contributed by atoms with E-state index in [1.54, 1.807) is 0 Å². The number of rotatable bonds is 2. The summed E-state index contributed by atoms with van der Waals surface area (Å²) < 4.78 is 5.76. The van der Waals surface area contributed by atoms with E-state index in [9.17, 15) is 4.79 Å². The first-order valence-corrected chi connectivity index (χ1v) is 11.3. The van der Waals surface area contributed by atoms with Crippen molar-refractivity contribution < 1.29 is 4.79 Å². The van der Waals surface area contributed by atoms with Crippen LogP contribution in [0.15, 0.2) is 18.2 Å². The lowest BCUT2D eigenvalue weighted by Gasteiger charge is -2.33. The lowest BCUT2D eigenvalue weighted by atomic mass is 10.0. The molecule has 6 heterocycles. The maximum Gasteiger partial charge on any atom is 0.274 e. The van der Waals surface area contributed by atoms with Crippen molar-refractivity contribution >= 4 is 33.2 Å². The van der Waals surface area contributed by atoms with Crippen LogP contribution in [0.3, 0.4) is 0 Å². The molecule has 0 radical (unpaired) electrons. The van der Waals surface area contributed by atoms with E-state index in [0.717, 1.165) is 62.2 Å². The number of likely N-dealkylation sites (tertiary alicyclic amines) is 1. The number of nitrogens with zero attached hydrogens (tertiary/aromatic N) is 5. The summed E-state index contributed by atoms with van der Waals surface area (Å²) in [6.45, 7) is 6.36. The van der Waals surface area contributed by atoms with Gasteiger partial charge in [0, 0.05) is 68.5 Å². The number of carbonyl (C=O) groups excluding carboxylic acids is 1. The van der Waals surface area contributed by atoms with Crippen LogP contribution in [0.2, 0.25) is 0 Å². The second-order valence-corrected chi connectivity index (χ2v) is 9.72. The molecule has 1 aromatic heterocycles. The van der Waals surface area contributed by atoms with Crippen LogP contribution in [0.4, 0.5) is 5.69 Å². The molecule has 2 aromatic rings. The second-order valence-electron chi connectivity index (χ2n) is 8.92. The molecule has 1 aromatic carbocycles. The number of likely N-dealkylation sites (N-methyl/N-ethyl adjacent to an activating group) is 1. The number of fused-ring (bicyclic) bond motifs is 7. The van der Waals surface area contributed by atoms with Crippen molar-refractivity contribution in [1.82, 2.24) is 19.1 Å². The Morgan fingerprint density at radius 3 is 2.68 bits per heavy atom. The monoisotopic (exact) mass is 397 g/mol. The molecule has 5 saturated heterocycles. The molecule has 5 aliphatic rings. The van der Waals surface area contributed by atoms with E-state index in [1.807, 2.05) is 0 Å². The third kappa shape index (κ3) is 2.60. The van der Waals surface area contributed by atoms with E-state index in [2.05, 4.69) is 49.2 Å². The average Bonchev–Trinajstić information content (AvgIpc) is 3.34. The van der Waals surface area contributed by atoms with Gasteiger partial charge >= 0.3 is 0 Å². The molecule has 4 bridgehead atoms. The first-order chi connectivity index (χ1) is 13.7. The van der Waals surface area contributed by atoms with Gasteiger partial charge in [0.15, 0.2) is 0 Å². The van der Waals surface area contributed by atoms with Crippen molar-refractivity contribution in [2.75, 3.05) is 51.2 Å². The van der Waals surface area contributed by atoms with Crippen LogP contribution in [-0.2, 0) is 0 Å². The number of hydrogen-bond donors (Lipinski definition) is 0. The quantitative estimate of drug-likeness (QED) is 0.777. The zero-order valence-corrected chi connectivity index (χ0v) is 17.2. The van der Waals surface area contributed by atoms with E-state index < -0.39 is 0 Å². The minimum atomic E-state index is 0.134. The van der Waals surface area contributed by atoms with Gasteiger partial charge in [0.25, 0.3) is 5.91 Å². The van der Waals surface area contributed by atoms with Crippen LogP contribution in [0.25, 0.3) is 10.1 Å². The molecule has 0 unspecified atom stereocenters. The van der Waals surface area contributed by atoms with E-state index >= 15 is 0 Å². The van der Waals surface area contributed by atoms with Crippen molar-refractivity contribution in [2.24, 2.45) is 0 Å². The number of carbonyl (C=O) groups is 1. The van der Waals surface area contributed by atoms with Gasteiger partial charge in [-0.2, -0.15) is 4.37 Å². The molecule has 0 spiro atoms. The third-order valence-electron chi connectivity index (χ3n) is 7.42. The van der Waals surface area contributed by atoms with Crippen LogP contribution < -0.4 is 4.90 Å². The Morgan fingerprint density at radius 2 is 1.93 bits per heavy atom. The van der Waals surface area contributed by atoms with Gasteiger partial charge in [0.05, 0.1) is 4.70 Å². The summed E-state index contributed by atoms with van der Waals surface area (Å²) in [6, 6.07) is 8.30. The van der Waals surface area contributed by atoms with Gasteiger partial charge in [-0.3, -0.25) is 9.69 Å². The molecule has 28 heavy (non-hydrogen) atoms. The fourth-order valence-electron chi connectivity index (χ4n) is 5.73. The third-order valence-corrected chi connectivity index (χ3v) is 8.23. The van der Waals surface area contributed by atoms with E-state index in [0.29, 0.717) is 23.8 Å². The number of amides is 1. The molecule has 7 rings (SSSR count). The summed E-state index contributed by atoms with van der Waals surface area (Å²) in [5, 5.41) is 1.03. The van der Waals surface area contributed by atoms with Crippen molar-refractivity contribution in [1.29, 1.82) is 0 Å². The summed E-state index contributed by atoms with van der Waals surface area (Å²) in [5.41, 5.74) is 1.95. The smallest absolute Gasteiger partial charge is 0.274 e. The Balaban J connectivity index is 1.28. The molecule has 2 atom stereocenters. The Labute approximate surface area is 169 Å². The molecular formula is C21H27N5OS. The summed E-state index contributed by atoms with van der Waals surface area (Å²) >= 11 is 1.48. The minimum absolute atomic E-state index is 0.134. The first-order valence-electron chi connectivity index (χ1n) is 10.6. The molecule has 0 saturated carbocycles. The first kappa shape index (κ1) is 17.2. The van der Waals surface area contributed by atoms with Crippen LogP contribution in [0.5, 0.6) is 0 Å². The van der Waals surface area contributed by atoms with Gasteiger partial charge < -0.3 is 14.7 Å². The zero-order valence-electron chi connectivity index (χ0n) is 16.4. The van der Waals surface area contributed by atoms with Crippen LogP contribution >= 0.6 is 11.5 Å². The second kappa shape index (κ2) is 6.40. The molecule has 0 aliphatic carbocycles. The molecule has 148 valence electrons. The van der Waals surface area contributed by atoms with Crippen molar-refractivity contribution in [2.45, 2.75) is 37.4 Å². The van der Waals surface area contributed by atoms with Crippen molar-refractivity contribution in [3.63, 3.8) is 0 Å². The standard InChI is InChI=1S/C21H27N5OS/c1-23-12-17-10-16(23)13-26(17)15-2-3-18-19(11-15)28-22-20(18)21(27)25-9-8-24-6-4-14(25)5-7-24/h2-3,11,14,16-17H,4-10,12-13H2,1H3/t16-,17-/m0/s1. The van der Waals surface area contributed by atoms with E-state index in [4.69, 9.17) is 0 Å². The Hall–Kier alpha value is -1.70. The lowest BCUT2D eigenvalue weighted by molar-refractivity contribution is 0.0682. The van der Waals surface area contributed by atoms with Crippen molar-refractivity contribution in [3.8, 4) is 0 Å². The van der Waals surface area contributed by atoms with Gasteiger partial charge in [0.2, 0.25) is 0 Å². The van der Waals surface area contributed by atoms with Crippen LogP contribution in [0.1, 0.15) is 29.8 Å². The molecule has 0 N–H and O–H groups in total. The van der Waals surface area contributed by atoms with Crippen molar-refractivity contribution in [3.05, 3.63) is 23.9 Å². The number of hydrogen-bond acceptors (Lipinski definition) is 6. The highest BCUT2D eigenvalue weighted by Gasteiger charge is 2.41. The molecular weight excluding hydrogens is 370 g/mol. The SMILES string of the molecule is CN1C[C@@H]2C[C@H]1CN2c1ccc2c(C(=O)N3CCN4CCC3CC4)nsc2c1. The highest BCUT2D eigenvalue weighted by Crippen LogP contribution is 2.36. The summed E-state index contributed by atoms with van der Waals surface area (Å²) in [6.07, 6.45) is 3.47. The molecule has 5 aliphatic heterocycles. The van der Waals surface area contributed by atoms with E-state index in [1.165, 1.54) is 23.6 Å². The predicted octanol–water partition coefficient (Wildman–Crippen LogP) is 2.11. The van der Waals surface area contributed by atoms with Gasteiger partial charge in [0.1, 0.15) is 5.69 Å². The fourth-order valence-corrected chi connectivity index (χ4v) is 6.53. The van der Waals surface area contributed by atoms with Crippen LogP contribution in [-0.4, -0.2) is 89.4 Å². The lowest BCUT2D eigenvalue weighted by Crippen LogP contribution is -2.44.